The number of nitrogens with zero attached hydrogens (tertiary/aromatic N) is 2. The number of amides is 2. The summed E-state index contributed by atoms with van der Waals surface area (Å²) in [7, 11) is 0. The Morgan fingerprint density at radius 3 is 1.90 bits per heavy atom. The van der Waals surface area contributed by atoms with E-state index < -0.39 is 0 Å². The fraction of sp³-hybridized carbons (Fsp3) is 0.472. The van der Waals surface area contributed by atoms with Gasteiger partial charge in [-0.15, -0.1) is 0 Å². The Balaban J connectivity index is 0.968. The molecule has 4 nitrogen and oxygen atoms in total. The van der Waals surface area contributed by atoms with Crippen LogP contribution in [0, 0.1) is 5.92 Å². The highest BCUT2D eigenvalue weighted by Gasteiger charge is 2.43. The van der Waals surface area contributed by atoms with Crippen LogP contribution in [0.15, 0.2) is 84.9 Å². The molecule has 1 aliphatic carbocycles. The van der Waals surface area contributed by atoms with E-state index in [0.717, 1.165) is 38.3 Å². The lowest BCUT2D eigenvalue weighted by Crippen LogP contribution is -2.46. The quantitative estimate of drug-likeness (QED) is 0.285. The molecule has 2 heterocycles. The summed E-state index contributed by atoms with van der Waals surface area (Å²) in [4.78, 5) is 18.1. The molecule has 1 saturated carbocycles. The normalized spacial score (nSPS) is 23.8. The molecule has 4 heteroatoms. The zero-order chi connectivity index (χ0) is 27.3. The van der Waals surface area contributed by atoms with Gasteiger partial charge >= 0.3 is 6.03 Å². The van der Waals surface area contributed by atoms with Crippen molar-refractivity contribution in [3.63, 3.8) is 0 Å². The Morgan fingerprint density at radius 1 is 0.800 bits per heavy atom. The fourth-order valence-electron chi connectivity index (χ4n) is 7.74. The van der Waals surface area contributed by atoms with Crippen LogP contribution in [-0.4, -0.2) is 41.5 Å². The number of hydrogen-bond donors (Lipinski definition) is 1. The van der Waals surface area contributed by atoms with Crippen LogP contribution in [0.5, 0.6) is 0 Å². The molecule has 3 aliphatic rings. The van der Waals surface area contributed by atoms with Crippen molar-refractivity contribution in [3.05, 3.63) is 107 Å². The number of nitrogens with one attached hydrogen (secondary N) is 1. The predicted molar refractivity (Wildman–Crippen MR) is 163 cm³/mol. The molecule has 2 unspecified atom stereocenters. The summed E-state index contributed by atoms with van der Waals surface area (Å²) < 4.78 is 0. The van der Waals surface area contributed by atoms with Gasteiger partial charge in [-0.1, -0.05) is 84.9 Å². The highest BCUT2D eigenvalue weighted by molar-refractivity contribution is 5.74. The molecule has 0 spiro atoms. The Labute approximate surface area is 240 Å². The van der Waals surface area contributed by atoms with Gasteiger partial charge in [0.05, 0.1) is 0 Å². The first-order chi connectivity index (χ1) is 19.7. The monoisotopic (exact) mass is 535 g/mol. The van der Waals surface area contributed by atoms with Crippen molar-refractivity contribution in [2.45, 2.75) is 82.3 Å². The summed E-state index contributed by atoms with van der Waals surface area (Å²) in [6, 6.07) is 32.3. The van der Waals surface area contributed by atoms with E-state index in [1.807, 2.05) is 4.90 Å². The molecule has 2 bridgehead atoms. The molecular weight excluding hydrogens is 490 g/mol. The zero-order valence-electron chi connectivity index (χ0n) is 24.1. The minimum atomic E-state index is 0.109. The van der Waals surface area contributed by atoms with Gasteiger partial charge in [0.25, 0.3) is 0 Å². The van der Waals surface area contributed by atoms with Crippen LogP contribution >= 0.6 is 0 Å². The Hall–Kier alpha value is -3.11. The Morgan fingerprint density at radius 2 is 1.35 bits per heavy atom. The second kappa shape index (κ2) is 12.6. The summed E-state index contributed by atoms with van der Waals surface area (Å²) in [6.45, 7) is 4.81. The largest absolute Gasteiger partial charge is 0.335 e. The van der Waals surface area contributed by atoms with Crippen LogP contribution in [0.25, 0.3) is 0 Å². The van der Waals surface area contributed by atoms with E-state index in [0.29, 0.717) is 24.0 Å². The van der Waals surface area contributed by atoms with Gasteiger partial charge in [0.15, 0.2) is 0 Å². The van der Waals surface area contributed by atoms with Crippen molar-refractivity contribution in [1.29, 1.82) is 0 Å². The summed E-state index contributed by atoms with van der Waals surface area (Å²) in [5.74, 6) is 1.08. The van der Waals surface area contributed by atoms with Gasteiger partial charge < -0.3 is 10.2 Å². The number of hydrogen-bond acceptors (Lipinski definition) is 2. The number of rotatable bonds is 10. The number of carbonyl (C=O) groups excluding carboxylic acids is 1. The minimum Gasteiger partial charge on any atom is -0.335 e. The van der Waals surface area contributed by atoms with Crippen LogP contribution in [0.1, 0.15) is 98.5 Å². The van der Waals surface area contributed by atoms with Crippen LogP contribution in [-0.2, 0) is 0 Å². The molecule has 3 aromatic rings. The van der Waals surface area contributed by atoms with Gasteiger partial charge in [0.2, 0.25) is 0 Å². The summed E-state index contributed by atoms with van der Waals surface area (Å²) in [6.07, 6.45) is 9.55. The number of benzene rings is 3. The summed E-state index contributed by atoms with van der Waals surface area (Å²) in [5.41, 5.74) is 5.80. The van der Waals surface area contributed by atoms with Crippen molar-refractivity contribution in [2.24, 2.45) is 5.92 Å². The molecular formula is C36H45N3O. The summed E-state index contributed by atoms with van der Waals surface area (Å²) in [5, 5.41) is 3.40. The second-order valence-corrected chi connectivity index (χ2v) is 12.2. The predicted octanol–water partition coefficient (Wildman–Crippen LogP) is 8.08. The van der Waals surface area contributed by atoms with Gasteiger partial charge in [-0.2, -0.15) is 0 Å². The molecule has 6 rings (SSSR count). The molecule has 40 heavy (non-hydrogen) atoms. The highest BCUT2D eigenvalue weighted by Crippen LogP contribution is 2.53. The molecule has 1 N–H and O–H groups in total. The van der Waals surface area contributed by atoms with E-state index in [1.54, 1.807) is 11.1 Å². The summed E-state index contributed by atoms with van der Waals surface area (Å²) >= 11 is 0. The van der Waals surface area contributed by atoms with E-state index in [2.05, 4.69) is 102 Å². The lowest BCUT2D eigenvalue weighted by molar-refractivity contribution is 0.175. The van der Waals surface area contributed by atoms with E-state index in [4.69, 9.17) is 0 Å². The van der Waals surface area contributed by atoms with E-state index in [-0.39, 0.29) is 6.03 Å². The van der Waals surface area contributed by atoms with Crippen molar-refractivity contribution < 1.29 is 4.79 Å². The fourth-order valence-corrected chi connectivity index (χ4v) is 7.74. The average molecular weight is 536 g/mol. The Bertz CT molecular complexity index is 1170. The number of fused-ring (bicyclic) bond motifs is 5. The van der Waals surface area contributed by atoms with Gasteiger partial charge in [-0.05, 0) is 93.0 Å². The molecule has 2 aliphatic heterocycles. The molecule has 2 fully saturated rings. The maximum Gasteiger partial charge on any atom is 0.317 e. The molecule has 0 radical (unpaired) electrons. The third kappa shape index (κ3) is 5.83. The standard InChI is InChI=1S/C36H45N3O/c1-2-38(25-24-31(28-11-5-3-6-12-28)29-13-7-4-8-14-29)36(40)37-30-19-17-27(18-20-30)23-26-39-34-21-22-35(39)33-16-10-9-15-32(33)34/h3-16,27,30-31,34-35H,2,17-26H2,1H3,(H,37,40). The van der Waals surface area contributed by atoms with Crippen molar-refractivity contribution in [3.8, 4) is 0 Å². The average Bonchev–Trinajstić information content (AvgIpc) is 3.56. The van der Waals surface area contributed by atoms with Gasteiger partial charge in [0.1, 0.15) is 0 Å². The third-order valence-electron chi connectivity index (χ3n) is 9.96. The van der Waals surface area contributed by atoms with Crippen LogP contribution in [0.3, 0.4) is 0 Å². The second-order valence-electron chi connectivity index (χ2n) is 12.2. The lowest BCUT2D eigenvalue weighted by Gasteiger charge is -2.33. The first kappa shape index (κ1) is 27.1. The lowest BCUT2D eigenvalue weighted by atomic mass is 9.84. The topological polar surface area (TPSA) is 35.6 Å². The van der Waals surface area contributed by atoms with Crippen LogP contribution in [0.2, 0.25) is 0 Å². The smallest absolute Gasteiger partial charge is 0.317 e. The van der Waals surface area contributed by atoms with Crippen LogP contribution < -0.4 is 5.32 Å². The van der Waals surface area contributed by atoms with Gasteiger partial charge in [-0.3, -0.25) is 4.90 Å². The van der Waals surface area contributed by atoms with Crippen LogP contribution in [0.4, 0.5) is 4.79 Å². The van der Waals surface area contributed by atoms with Gasteiger partial charge in [-0.25, -0.2) is 4.79 Å². The molecule has 2 amide bonds. The maximum atomic E-state index is 13.3. The molecule has 2 atom stereocenters. The zero-order valence-corrected chi connectivity index (χ0v) is 24.1. The molecule has 3 aromatic carbocycles. The SMILES string of the molecule is CCN(CCC(c1ccccc1)c1ccccc1)C(=O)NC1CCC(CCN2C3CCC2c2ccccc23)CC1. The molecule has 1 saturated heterocycles. The first-order valence-electron chi connectivity index (χ1n) is 15.7. The van der Waals surface area contributed by atoms with E-state index >= 15 is 0 Å². The Kier molecular flexibility index (Phi) is 8.53. The minimum absolute atomic E-state index is 0.109. The molecule has 0 aromatic heterocycles. The number of urea groups is 1. The third-order valence-corrected chi connectivity index (χ3v) is 9.96. The van der Waals surface area contributed by atoms with Gasteiger partial charge in [0, 0.05) is 37.1 Å². The molecule has 210 valence electrons. The van der Waals surface area contributed by atoms with E-state index in [1.165, 1.54) is 49.8 Å². The van der Waals surface area contributed by atoms with E-state index in [9.17, 15) is 4.79 Å². The van der Waals surface area contributed by atoms with Crippen molar-refractivity contribution in [1.82, 2.24) is 15.1 Å². The van der Waals surface area contributed by atoms with Crippen molar-refractivity contribution in [2.75, 3.05) is 19.6 Å². The number of carbonyl (C=O) groups is 1. The van der Waals surface area contributed by atoms with Crippen molar-refractivity contribution >= 4 is 6.03 Å². The highest BCUT2D eigenvalue weighted by atomic mass is 16.2. The maximum absolute atomic E-state index is 13.3. The first-order valence-corrected chi connectivity index (χ1v) is 15.7.